The fraction of sp³-hybridized carbons (Fsp3) is 0.238. The molecule has 0 fully saturated rings. The van der Waals surface area contributed by atoms with Gasteiger partial charge in [0.25, 0.3) is 5.91 Å². The standard InChI is InChI=1S/C21H20BrClN4O2S/c1-3-27-19(13(2)24-20(29)15-6-10-17(23)11-7-15)25-26-21(27)30-12-18(28)14-4-8-16(22)9-5-14/h4-11,13H,3,12H2,1-2H3,(H,24,29)/t13-/m0/s1. The summed E-state index contributed by atoms with van der Waals surface area (Å²) in [5.74, 6) is 0.692. The van der Waals surface area contributed by atoms with Gasteiger partial charge in [-0.25, -0.2) is 0 Å². The van der Waals surface area contributed by atoms with Crippen LogP contribution in [0.1, 0.15) is 46.4 Å². The van der Waals surface area contributed by atoms with E-state index in [9.17, 15) is 9.59 Å². The molecule has 1 aromatic heterocycles. The molecule has 1 N–H and O–H groups in total. The molecule has 3 rings (SSSR count). The minimum absolute atomic E-state index is 0.0174. The van der Waals surface area contributed by atoms with E-state index >= 15 is 0 Å². The lowest BCUT2D eigenvalue weighted by Gasteiger charge is -2.15. The summed E-state index contributed by atoms with van der Waals surface area (Å²) in [6, 6.07) is 13.6. The molecule has 30 heavy (non-hydrogen) atoms. The van der Waals surface area contributed by atoms with Crippen molar-refractivity contribution >= 4 is 51.0 Å². The van der Waals surface area contributed by atoms with Crippen LogP contribution >= 0.6 is 39.3 Å². The first-order valence-corrected chi connectivity index (χ1v) is 11.5. The summed E-state index contributed by atoms with van der Waals surface area (Å²) in [4.78, 5) is 24.9. The molecule has 3 aromatic rings. The fourth-order valence-electron chi connectivity index (χ4n) is 2.82. The van der Waals surface area contributed by atoms with E-state index in [1.807, 2.05) is 30.5 Å². The highest BCUT2D eigenvalue weighted by Gasteiger charge is 2.20. The number of carbonyl (C=O) groups excluding carboxylic acids is 2. The van der Waals surface area contributed by atoms with Crippen molar-refractivity contribution < 1.29 is 9.59 Å². The number of amides is 1. The first-order chi connectivity index (χ1) is 14.4. The van der Waals surface area contributed by atoms with Crippen molar-refractivity contribution in [3.05, 3.63) is 75.0 Å². The Bertz CT molecular complexity index is 1040. The van der Waals surface area contributed by atoms with Crippen molar-refractivity contribution in [2.24, 2.45) is 0 Å². The Hall–Kier alpha value is -2.16. The Morgan fingerprint density at radius 1 is 1.10 bits per heavy atom. The lowest BCUT2D eigenvalue weighted by molar-refractivity contribution is 0.0936. The number of nitrogens with one attached hydrogen (secondary N) is 1. The maximum absolute atomic E-state index is 12.5. The van der Waals surface area contributed by atoms with Gasteiger partial charge in [-0.1, -0.05) is 51.4 Å². The van der Waals surface area contributed by atoms with Gasteiger partial charge in [-0.2, -0.15) is 0 Å². The topological polar surface area (TPSA) is 76.9 Å². The van der Waals surface area contributed by atoms with Crippen molar-refractivity contribution in [1.29, 1.82) is 0 Å². The summed E-state index contributed by atoms with van der Waals surface area (Å²) in [6.45, 7) is 4.45. The zero-order valence-electron chi connectivity index (χ0n) is 16.4. The molecule has 9 heteroatoms. The van der Waals surface area contributed by atoms with Gasteiger partial charge in [-0.05, 0) is 50.2 Å². The molecule has 1 amide bonds. The summed E-state index contributed by atoms with van der Waals surface area (Å²) < 4.78 is 2.84. The van der Waals surface area contributed by atoms with Gasteiger partial charge in [-0.3, -0.25) is 9.59 Å². The number of ketones is 1. The predicted molar refractivity (Wildman–Crippen MR) is 122 cm³/mol. The predicted octanol–water partition coefficient (Wildman–Crippen LogP) is 5.18. The Morgan fingerprint density at radius 3 is 2.37 bits per heavy atom. The summed E-state index contributed by atoms with van der Waals surface area (Å²) in [6.07, 6.45) is 0. The Morgan fingerprint density at radius 2 is 1.73 bits per heavy atom. The van der Waals surface area contributed by atoms with Gasteiger partial charge in [0.2, 0.25) is 0 Å². The van der Waals surface area contributed by atoms with E-state index in [0.717, 1.165) is 4.47 Å². The van der Waals surface area contributed by atoms with Gasteiger partial charge in [0.15, 0.2) is 16.8 Å². The molecule has 0 radical (unpaired) electrons. The van der Waals surface area contributed by atoms with Gasteiger partial charge >= 0.3 is 0 Å². The van der Waals surface area contributed by atoms with Crippen molar-refractivity contribution in [2.45, 2.75) is 31.6 Å². The number of hydrogen-bond acceptors (Lipinski definition) is 5. The second-order valence-corrected chi connectivity index (χ2v) is 8.80. The number of rotatable bonds is 8. The molecule has 0 spiro atoms. The van der Waals surface area contributed by atoms with Crippen molar-refractivity contribution in [3.8, 4) is 0 Å². The number of halogens is 2. The molecule has 1 atom stereocenters. The average molecular weight is 508 g/mol. The molecule has 0 saturated heterocycles. The molecular formula is C21H20BrClN4O2S. The molecule has 1 heterocycles. The van der Waals surface area contributed by atoms with E-state index in [2.05, 4.69) is 31.4 Å². The van der Waals surface area contributed by atoms with Crippen LogP contribution in [0.25, 0.3) is 0 Å². The molecule has 156 valence electrons. The summed E-state index contributed by atoms with van der Waals surface area (Å²) in [7, 11) is 0. The Kier molecular flexibility index (Phi) is 7.69. The van der Waals surface area contributed by atoms with Crippen LogP contribution in [0, 0.1) is 0 Å². The van der Waals surface area contributed by atoms with E-state index in [4.69, 9.17) is 11.6 Å². The number of aromatic nitrogens is 3. The number of nitrogens with zero attached hydrogens (tertiary/aromatic N) is 3. The monoisotopic (exact) mass is 506 g/mol. The molecule has 0 aliphatic carbocycles. The van der Waals surface area contributed by atoms with Crippen LogP contribution in [0.3, 0.4) is 0 Å². The summed E-state index contributed by atoms with van der Waals surface area (Å²) in [5.41, 5.74) is 1.17. The lowest BCUT2D eigenvalue weighted by Crippen LogP contribution is -2.28. The molecule has 0 unspecified atom stereocenters. The lowest BCUT2D eigenvalue weighted by atomic mass is 10.2. The van der Waals surface area contributed by atoms with E-state index in [-0.39, 0.29) is 23.5 Å². The highest BCUT2D eigenvalue weighted by atomic mass is 79.9. The fourth-order valence-corrected chi connectivity index (χ4v) is 4.11. The molecule has 6 nitrogen and oxygen atoms in total. The zero-order chi connectivity index (χ0) is 21.7. The average Bonchev–Trinajstić information content (AvgIpc) is 3.16. The molecule has 0 aliphatic rings. The van der Waals surface area contributed by atoms with Crippen LogP contribution in [0.15, 0.2) is 58.2 Å². The Labute approximate surface area is 192 Å². The van der Waals surface area contributed by atoms with Crippen LogP contribution in [0.5, 0.6) is 0 Å². The Balaban J connectivity index is 1.66. The number of thioether (sulfide) groups is 1. The largest absolute Gasteiger partial charge is 0.342 e. The van der Waals surface area contributed by atoms with Gasteiger partial charge < -0.3 is 9.88 Å². The highest BCUT2D eigenvalue weighted by molar-refractivity contribution is 9.10. The van der Waals surface area contributed by atoms with Crippen molar-refractivity contribution in [1.82, 2.24) is 20.1 Å². The quantitative estimate of drug-likeness (QED) is 0.336. The minimum atomic E-state index is -0.350. The normalized spacial score (nSPS) is 11.9. The van der Waals surface area contributed by atoms with E-state index in [1.54, 1.807) is 36.4 Å². The van der Waals surface area contributed by atoms with Crippen LogP contribution in [0.4, 0.5) is 0 Å². The highest BCUT2D eigenvalue weighted by Crippen LogP contribution is 2.22. The third kappa shape index (κ3) is 5.50. The summed E-state index contributed by atoms with van der Waals surface area (Å²) >= 11 is 10.6. The number of carbonyl (C=O) groups is 2. The molecule has 0 aliphatic heterocycles. The smallest absolute Gasteiger partial charge is 0.251 e. The number of hydrogen-bond donors (Lipinski definition) is 1. The first-order valence-electron chi connectivity index (χ1n) is 9.30. The zero-order valence-corrected chi connectivity index (χ0v) is 19.6. The van der Waals surface area contributed by atoms with E-state index in [1.165, 1.54) is 11.8 Å². The van der Waals surface area contributed by atoms with E-state index < -0.39 is 0 Å². The van der Waals surface area contributed by atoms with E-state index in [0.29, 0.717) is 33.7 Å². The van der Waals surface area contributed by atoms with Gasteiger partial charge in [0, 0.05) is 27.2 Å². The maximum Gasteiger partial charge on any atom is 0.251 e. The van der Waals surface area contributed by atoms with Crippen LogP contribution < -0.4 is 5.32 Å². The number of Topliss-reactive ketones (excluding diaryl/α,β-unsaturated/α-hetero) is 1. The van der Waals surface area contributed by atoms with Crippen molar-refractivity contribution in [3.63, 3.8) is 0 Å². The minimum Gasteiger partial charge on any atom is -0.342 e. The second kappa shape index (κ2) is 10.2. The number of benzene rings is 2. The molecule has 2 aromatic carbocycles. The second-order valence-electron chi connectivity index (χ2n) is 6.51. The van der Waals surface area contributed by atoms with Gasteiger partial charge in [0.1, 0.15) is 0 Å². The van der Waals surface area contributed by atoms with Gasteiger partial charge in [0.05, 0.1) is 11.8 Å². The van der Waals surface area contributed by atoms with Gasteiger partial charge in [-0.15, -0.1) is 10.2 Å². The third-order valence-corrected chi connectivity index (χ3v) is 6.15. The van der Waals surface area contributed by atoms with Crippen LogP contribution in [-0.4, -0.2) is 32.2 Å². The van der Waals surface area contributed by atoms with Crippen LogP contribution in [-0.2, 0) is 6.54 Å². The van der Waals surface area contributed by atoms with Crippen LogP contribution in [0.2, 0.25) is 5.02 Å². The third-order valence-electron chi connectivity index (χ3n) is 4.40. The van der Waals surface area contributed by atoms with Crippen molar-refractivity contribution in [2.75, 3.05) is 5.75 Å². The molecule has 0 saturated carbocycles. The summed E-state index contributed by atoms with van der Waals surface area (Å²) in [5, 5.41) is 12.6. The molecule has 0 bridgehead atoms. The first kappa shape index (κ1) is 22.5. The maximum atomic E-state index is 12.5. The SMILES string of the molecule is CCn1c(SCC(=O)c2ccc(Br)cc2)nnc1[C@H](C)NC(=O)c1ccc(Cl)cc1. The molecular weight excluding hydrogens is 488 g/mol.